The molecule has 1 saturated heterocycles. The average Bonchev–Trinajstić information content (AvgIpc) is 3.25. The first-order chi connectivity index (χ1) is 11.8. The zero-order chi connectivity index (χ0) is 17.9. The molecule has 9 nitrogen and oxygen atoms in total. The average molecular weight is 349 g/mol. The molecule has 3 aliphatic rings. The summed E-state index contributed by atoms with van der Waals surface area (Å²) in [5.41, 5.74) is 5.58. The third-order valence-electron chi connectivity index (χ3n) is 5.05. The molecule has 1 aromatic rings. The minimum Gasteiger partial charge on any atom is -0.669 e. The van der Waals surface area contributed by atoms with E-state index in [1.807, 2.05) is 0 Å². The third-order valence-corrected chi connectivity index (χ3v) is 5.05. The predicted molar refractivity (Wildman–Crippen MR) is 85.4 cm³/mol. The lowest BCUT2D eigenvalue weighted by molar-refractivity contribution is -0.121. The molecular weight excluding hydrogens is 331 g/mol. The van der Waals surface area contributed by atoms with Crippen LogP contribution in [-0.4, -0.2) is 64.4 Å². The summed E-state index contributed by atoms with van der Waals surface area (Å²) in [7, 11) is 0. The van der Waals surface area contributed by atoms with Crippen LogP contribution in [0.4, 0.5) is 0 Å². The van der Waals surface area contributed by atoms with Gasteiger partial charge in [0.05, 0.1) is 12.3 Å². The Morgan fingerprint density at radius 2 is 2.08 bits per heavy atom. The highest BCUT2D eigenvalue weighted by Gasteiger charge is 2.55. The topological polar surface area (TPSA) is 143 Å². The van der Waals surface area contributed by atoms with Gasteiger partial charge in [0.25, 0.3) is 0 Å². The van der Waals surface area contributed by atoms with Gasteiger partial charge in [0.1, 0.15) is 17.4 Å². The summed E-state index contributed by atoms with van der Waals surface area (Å²) in [6.07, 6.45) is 0.288. The Morgan fingerprint density at radius 1 is 1.36 bits per heavy atom. The van der Waals surface area contributed by atoms with Crippen molar-refractivity contribution in [3.8, 4) is 11.5 Å². The van der Waals surface area contributed by atoms with Gasteiger partial charge in [0, 0.05) is 13.1 Å². The van der Waals surface area contributed by atoms with Gasteiger partial charge in [-0.25, -0.2) is 4.79 Å². The Bertz CT molecular complexity index is 762. The molecule has 0 aromatic heterocycles. The summed E-state index contributed by atoms with van der Waals surface area (Å²) in [4.78, 5) is 24.4. The van der Waals surface area contributed by atoms with E-state index in [1.165, 1.54) is 0 Å². The maximum atomic E-state index is 11.7. The summed E-state index contributed by atoms with van der Waals surface area (Å²) >= 11 is 0. The quantitative estimate of drug-likeness (QED) is 0.501. The summed E-state index contributed by atoms with van der Waals surface area (Å²) in [5, 5.41) is 29.6. The van der Waals surface area contributed by atoms with E-state index in [0.29, 0.717) is 25.1 Å². The van der Waals surface area contributed by atoms with Gasteiger partial charge in [-0.1, -0.05) is 18.3 Å². The Hall–Kier alpha value is -2.30. The minimum absolute atomic E-state index is 0.0259. The van der Waals surface area contributed by atoms with Crippen molar-refractivity contribution >= 4 is 18.6 Å². The van der Waals surface area contributed by atoms with Crippen molar-refractivity contribution < 1.29 is 34.1 Å². The van der Waals surface area contributed by atoms with Crippen molar-refractivity contribution in [2.75, 3.05) is 19.6 Å². The fraction of sp³-hybridized carbons (Fsp3) is 0.467. The fourth-order valence-corrected chi connectivity index (χ4v) is 3.74. The predicted octanol–water partition coefficient (Wildman–Crippen LogP) is -0.893. The molecule has 0 spiro atoms. The number of benzene rings is 1. The molecule has 2 atom stereocenters. The van der Waals surface area contributed by atoms with Gasteiger partial charge in [-0.05, 0) is 17.5 Å². The molecule has 2 heterocycles. The van der Waals surface area contributed by atoms with Crippen molar-refractivity contribution in [1.82, 2.24) is 4.90 Å². The molecule has 0 radical (unpaired) electrons. The number of carbonyl (C=O) groups excluding carboxylic acids is 1. The molecule has 1 saturated carbocycles. The van der Waals surface area contributed by atoms with Gasteiger partial charge in [-0.15, -0.1) is 0 Å². The van der Waals surface area contributed by atoms with Crippen molar-refractivity contribution in [3.63, 3.8) is 0 Å². The zero-order valence-electron chi connectivity index (χ0n) is 13.3. The Morgan fingerprint density at radius 3 is 2.72 bits per heavy atom. The molecule has 0 bridgehead atoms. The van der Waals surface area contributed by atoms with Crippen molar-refractivity contribution in [2.24, 2.45) is 5.73 Å². The van der Waals surface area contributed by atoms with Gasteiger partial charge >= 0.3 is 12.7 Å². The normalized spacial score (nSPS) is 26.6. The molecule has 1 aromatic carbocycles. The Kier molecular flexibility index (Phi) is 3.46. The van der Waals surface area contributed by atoms with Crippen LogP contribution in [0.15, 0.2) is 12.1 Å². The van der Waals surface area contributed by atoms with Gasteiger partial charge in [0.2, 0.25) is 5.91 Å². The number of carboxylic acids is 1. The van der Waals surface area contributed by atoms with E-state index in [-0.39, 0.29) is 41.4 Å². The van der Waals surface area contributed by atoms with E-state index in [2.05, 4.69) is 0 Å². The molecule has 134 valence electrons. The van der Waals surface area contributed by atoms with Crippen molar-refractivity contribution in [2.45, 2.75) is 24.3 Å². The van der Waals surface area contributed by atoms with Crippen LogP contribution in [0.2, 0.25) is 5.82 Å². The molecule has 25 heavy (non-hydrogen) atoms. The van der Waals surface area contributed by atoms with Crippen LogP contribution in [-0.2, 0) is 4.79 Å². The number of amides is 1. The molecule has 2 aliphatic heterocycles. The molecule has 1 amide bonds. The number of fused-ring (bicyclic) bond motifs is 3. The smallest absolute Gasteiger partial charge is 0.434 e. The highest BCUT2D eigenvalue weighted by atomic mass is 16.6. The van der Waals surface area contributed by atoms with E-state index in [4.69, 9.17) is 15.1 Å². The van der Waals surface area contributed by atoms with E-state index in [0.717, 1.165) is 0 Å². The maximum absolute atomic E-state index is 11.7. The number of aromatic carboxylic acids is 1. The first-order valence-electron chi connectivity index (χ1n) is 8.12. The maximum Gasteiger partial charge on any atom is 0.434 e. The van der Waals surface area contributed by atoms with Crippen LogP contribution in [0.3, 0.4) is 0 Å². The second kappa shape index (κ2) is 5.35. The molecular formula is C15H18BN2O7-. The lowest BCUT2D eigenvalue weighted by Gasteiger charge is -2.40. The number of hydrogen-bond donors (Lipinski definition) is 4. The summed E-state index contributed by atoms with van der Waals surface area (Å²) < 4.78 is 11.0. The van der Waals surface area contributed by atoms with Crippen molar-refractivity contribution in [1.29, 1.82) is 0 Å². The standard InChI is InChI=1S/C15H18BN2O7/c17-12(19)6-18-4-7(5-18)24-11-2-1-8-9-3-10(9)16(22,23)25-14(8)13(11)15(20)21/h1-2,7,9-10,22-23H,3-6H2,(H2,17,19)(H,20,21)/q-1/t9-,10-/m1/s1. The molecule has 1 aliphatic carbocycles. The number of nitrogens with two attached hydrogens (primary N) is 1. The lowest BCUT2D eigenvalue weighted by Crippen LogP contribution is -2.56. The van der Waals surface area contributed by atoms with Crippen LogP contribution >= 0.6 is 0 Å². The highest BCUT2D eigenvalue weighted by Crippen LogP contribution is 2.63. The van der Waals surface area contributed by atoms with Gasteiger partial charge < -0.3 is 30.3 Å². The molecule has 10 heteroatoms. The van der Waals surface area contributed by atoms with E-state index in [9.17, 15) is 24.7 Å². The van der Waals surface area contributed by atoms with Crippen LogP contribution in [0, 0.1) is 0 Å². The number of primary amides is 1. The second-order valence-corrected chi connectivity index (χ2v) is 6.95. The molecule has 2 fully saturated rings. The Labute approximate surface area is 142 Å². The highest BCUT2D eigenvalue weighted by molar-refractivity contribution is 6.62. The largest absolute Gasteiger partial charge is 0.669 e. The van der Waals surface area contributed by atoms with E-state index < -0.39 is 18.6 Å². The monoisotopic (exact) mass is 349 g/mol. The summed E-state index contributed by atoms with van der Waals surface area (Å²) in [5.74, 6) is -2.08. The van der Waals surface area contributed by atoms with Crippen LogP contribution in [0.1, 0.15) is 28.3 Å². The van der Waals surface area contributed by atoms with E-state index in [1.54, 1.807) is 17.0 Å². The lowest BCUT2D eigenvalue weighted by atomic mass is 9.68. The number of ether oxygens (including phenoxy) is 1. The number of likely N-dealkylation sites (tertiary alicyclic amines) is 1. The molecule has 4 rings (SSSR count). The van der Waals surface area contributed by atoms with Crippen LogP contribution < -0.4 is 15.1 Å². The number of hydrogen-bond acceptors (Lipinski definition) is 7. The Balaban J connectivity index is 1.58. The second-order valence-electron chi connectivity index (χ2n) is 6.95. The SMILES string of the molecule is NC(=O)CN1CC(Oc2ccc3c(c2C(=O)O)O[B-](O)(O)[C@@H]2C[C@H]32)C1. The first-order valence-corrected chi connectivity index (χ1v) is 8.12. The number of rotatable bonds is 5. The number of carbonyl (C=O) groups is 2. The fourth-order valence-electron chi connectivity index (χ4n) is 3.74. The van der Waals surface area contributed by atoms with E-state index >= 15 is 0 Å². The van der Waals surface area contributed by atoms with Gasteiger partial charge in [-0.3, -0.25) is 9.69 Å². The number of carboxylic acid groups (broad SMARTS) is 1. The third kappa shape index (κ3) is 2.72. The van der Waals surface area contributed by atoms with Gasteiger partial charge in [0.15, 0.2) is 0 Å². The number of nitrogens with zero attached hydrogens (tertiary/aromatic N) is 1. The zero-order valence-corrected chi connectivity index (χ0v) is 13.3. The molecule has 5 N–H and O–H groups in total. The summed E-state index contributed by atoms with van der Waals surface area (Å²) in [6.45, 7) is -2.02. The first kappa shape index (κ1) is 16.2. The summed E-state index contributed by atoms with van der Waals surface area (Å²) in [6, 6.07) is 3.29. The van der Waals surface area contributed by atoms with Gasteiger partial charge in [-0.2, -0.15) is 0 Å². The molecule has 0 unspecified atom stereocenters. The van der Waals surface area contributed by atoms with Crippen LogP contribution in [0.25, 0.3) is 0 Å². The van der Waals surface area contributed by atoms with Crippen molar-refractivity contribution in [3.05, 3.63) is 23.3 Å². The minimum atomic E-state index is -3.06. The van der Waals surface area contributed by atoms with Crippen LogP contribution in [0.5, 0.6) is 11.5 Å².